The number of hydrogen-bond donors (Lipinski definition) is 2. The Kier molecular flexibility index (Phi) is 4.71. The van der Waals surface area contributed by atoms with Gasteiger partial charge in [-0.2, -0.15) is 4.98 Å². The number of aromatic amines is 1. The summed E-state index contributed by atoms with van der Waals surface area (Å²) in [5, 5.41) is 8.06. The van der Waals surface area contributed by atoms with Crippen molar-refractivity contribution < 1.29 is 14.1 Å². The lowest BCUT2D eigenvalue weighted by Crippen LogP contribution is -2.32. The Morgan fingerprint density at radius 1 is 1.42 bits per heavy atom. The van der Waals surface area contributed by atoms with E-state index in [4.69, 9.17) is 9.26 Å². The second-order valence-corrected chi connectivity index (χ2v) is 6.59. The van der Waals surface area contributed by atoms with Crippen LogP contribution in [0.15, 0.2) is 28.8 Å². The lowest BCUT2D eigenvalue weighted by Gasteiger charge is -2.21. The third kappa shape index (κ3) is 3.22. The zero-order valence-corrected chi connectivity index (χ0v) is 14.7. The molecule has 0 radical (unpaired) electrons. The van der Waals surface area contributed by atoms with Crippen LogP contribution in [0.4, 0.5) is 0 Å². The molecule has 0 fully saturated rings. The third-order valence-electron chi connectivity index (χ3n) is 4.85. The van der Waals surface area contributed by atoms with Gasteiger partial charge < -0.3 is 19.6 Å². The number of benzene rings is 1. The van der Waals surface area contributed by atoms with E-state index in [0.717, 1.165) is 30.5 Å². The van der Waals surface area contributed by atoms with Crippen LogP contribution < -0.4 is 5.32 Å². The molecule has 26 heavy (non-hydrogen) atoms. The first kappa shape index (κ1) is 16.8. The Bertz CT molecular complexity index is 915. The molecule has 7 nitrogen and oxygen atoms in total. The predicted molar refractivity (Wildman–Crippen MR) is 95.7 cm³/mol. The normalized spacial score (nSPS) is 16.6. The second kappa shape index (κ2) is 7.29. The van der Waals surface area contributed by atoms with Crippen molar-refractivity contribution in [2.24, 2.45) is 0 Å². The molecule has 2 aromatic heterocycles. The van der Waals surface area contributed by atoms with Gasteiger partial charge >= 0.3 is 0 Å². The zero-order valence-electron chi connectivity index (χ0n) is 14.7. The molecule has 7 heteroatoms. The summed E-state index contributed by atoms with van der Waals surface area (Å²) >= 11 is 0. The molecule has 1 aromatic carbocycles. The highest BCUT2D eigenvalue weighted by Crippen LogP contribution is 2.36. The molecule has 1 amide bonds. The predicted octanol–water partition coefficient (Wildman–Crippen LogP) is 2.48. The number of carbonyl (C=O) groups is 1. The van der Waals surface area contributed by atoms with E-state index in [2.05, 4.69) is 32.6 Å². The van der Waals surface area contributed by atoms with Crippen LogP contribution in [0.3, 0.4) is 0 Å². The van der Waals surface area contributed by atoms with Gasteiger partial charge in [0.2, 0.25) is 11.8 Å². The highest BCUT2D eigenvalue weighted by molar-refractivity contribution is 5.90. The second-order valence-electron chi connectivity index (χ2n) is 6.59. The van der Waals surface area contributed by atoms with Gasteiger partial charge in [0, 0.05) is 36.7 Å². The third-order valence-corrected chi connectivity index (χ3v) is 4.85. The highest BCUT2D eigenvalue weighted by Gasteiger charge is 2.29. The standard InChI is InChI=1S/C19H22N4O3/c1-25-11-16-22-17(26-23-16)9-10-20-19(24)14-7-4-6-13-12-5-2-3-8-15(12)21-18(13)14/h2-3,5,8,14,21H,4,6-7,9-11H2,1H3,(H,20,24). The monoisotopic (exact) mass is 354 g/mol. The van der Waals surface area contributed by atoms with Crippen molar-refractivity contribution in [2.75, 3.05) is 13.7 Å². The minimum Gasteiger partial charge on any atom is -0.377 e. The summed E-state index contributed by atoms with van der Waals surface area (Å²) < 4.78 is 10.1. The van der Waals surface area contributed by atoms with Crippen LogP contribution >= 0.6 is 0 Å². The van der Waals surface area contributed by atoms with Gasteiger partial charge in [-0.3, -0.25) is 4.79 Å². The first-order chi connectivity index (χ1) is 12.8. The highest BCUT2D eigenvalue weighted by atomic mass is 16.5. The molecule has 3 aromatic rings. The fraction of sp³-hybridized carbons (Fsp3) is 0.421. The number of H-pyrrole nitrogens is 1. The number of ether oxygens (including phenoxy) is 1. The summed E-state index contributed by atoms with van der Waals surface area (Å²) in [6, 6.07) is 8.25. The van der Waals surface area contributed by atoms with Gasteiger partial charge in [-0.1, -0.05) is 23.4 Å². The number of amides is 1. The summed E-state index contributed by atoms with van der Waals surface area (Å²) in [5.41, 5.74) is 3.46. The summed E-state index contributed by atoms with van der Waals surface area (Å²) in [4.78, 5) is 20.4. The van der Waals surface area contributed by atoms with Crippen LogP contribution in [0.1, 0.15) is 41.7 Å². The van der Waals surface area contributed by atoms with Crippen LogP contribution in [0, 0.1) is 0 Å². The first-order valence-electron chi connectivity index (χ1n) is 8.94. The topological polar surface area (TPSA) is 93.0 Å². The number of rotatable bonds is 6. The summed E-state index contributed by atoms with van der Waals surface area (Å²) in [7, 11) is 1.58. The van der Waals surface area contributed by atoms with E-state index in [1.807, 2.05) is 12.1 Å². The average molecular weight is 354 g/mol. The van der Waals surface area contributed by atoms with Crippen LogP contribution in [-0.4, -0.2) is 34.7 Å². The molecular weight excluding hydrogens is 332 g/mol. The Hall–Kier alpha value is -2.67. The summed E-state index contributed by atoms with van der Waals surface area (Å²) in [6.07, 6.45) is 3.42. The average Bonchev–Trinajstić information content (AvgIpc) is 3.26. The molecule has 1 aliphatic carbocycles. The molecule has 2 heterocycles. The Morgan fingerprint density at radius 3 is 3.19 bits per heavy atom. The van der Waals surface area contributed by atoms with Crippen molar-refractivity contribution in [3.05, 3.63) is 47.2 Å². The molecule has 0 saturated carbocycles. The number of aromatic nitrogens is 3. The van der Waals surface area contributed by atoms with Gasteiger partial charge in [-0.05, 0) is 30.9 Å². The molecule has 136 valence electrons. The maximum Gasteiger partial charge on any atom is 0.229 e. The molecule has 0 bridgehead atoms. The van der Waals surface area contributed by atoms with E-state index >= 15 is 0 Å². The van der Waals surface area contributed by atoms with Gasteiger partial charge in [0.1, 0.15) is 6.61 Å². The Labute approximate surface area is 151 Å². The van der Waals surface area contributed by atoms with Crippen LogP contribution in [0.2, 0.25) is 0 Å². The lowest BCUT2D eigenvalue weighted by atomic mass is 9.86. The number of hydrogen-bond acceptors (Lipinski definition) is 5. The fourth-order valence-corrected chi connectivity index (χ4v) is 3.67. The maximum absolute atomic E-state index is 12.7. The van der Waals surface area contributed by atoms with Crippen molar-refractivity contribution >= 4 is 16.8 Å². The van der Waals surface area contributed by atoms with Crippen molar-refractivity contribution in [3.63, 3.8) is 0 Å². The SMILES string of the molecule is COCc1noc(CCNC(=O)C2CCCc3c2[nH]c2ccccc32)n1. The molecular formula is C19H22N4O3. The first-order valence-corrected chi connectivity index (χ1v) is 8.94. The van der Waals surface area contributed by atoms with Crippen molar-refractivity contribution in [1.29, 1.82) is 0 Å². The summed E-state index contributed by atoms with van der Waals surface area (Å²) in [5.74, 6) is 0.947. The van der Waals surface area contributed by atoms with Crippen LogP contribution in [0.25, 0.3) is 10.9 Å². The van der Waals surface area contributed by atoms with Crippen molar-refractivity contribution in [1.82, 2.24) is 20.4 Å². The molecule has 4 rings (SSSR count). The van der Waals surface area contributed by atoms with E-state index in [9.17, 15) is 4.79 Å². The van der Waals surface area contributed by atoms with Gasteiger partial charge in [0.05, 0.1) is 5.92 Å². The van der Waals surface area contributed by atoms with E-state index in [1.54, 1.807) is 7.11 Å². The number of para-hydroxylation sites is 1. The van der Waals surface area contributed by atoms with E-state index < -0.39 is 0 Å². The summed E-state index contributed by atoms with van der Waals surface area (Å²) in [6.45, 7) is 0.792. The fourth-order valence-electron chi connectivity index (χ4n) is 3.67. The number of methoxy groups -OCH3 is 1. The number of nitrogens with one attached hydrogen (secondary N) is 2. The largest absolute Gasteiger partial charge is 0.377 e. The van der Waals surface area contributed by atoms with Crippen molar-refractivity contribution in [3.8, 4) is 0 Å². The maximum atomic E-state index is 12.7. The van der Waals surface area contributed by atoms with Crippen LogP contribution in [-0.2, 0) is 29.0 Å². The number of carbonyl (C=O) groups excluding carboxylic acids is 1. The quantitative estimate of drug-likeness (QED) is 0.709. The van der Waals surface area contributed by atoms with Gasteiger partial charge in [-0.25, -0.2) is 0 Å². The Morgan fingerprint density at radius 2 is 2.31 bits per heavy atom. The van der Waals surface area contributed by atoms with Gasteiger partial charge in [0.15, 0.2) is 5.82 Å². The van der Waals surface area contributed by atoms with E-state index in [1.165, 1.54) is 10.9 Å². The minimum absolute atomic E-state index is 0.0501. The molecule has 2 N–H and O–H groups in total. The molecule has 0 aliphatic heterocycles. The number of fused-ring (bicyclic) bond motifs is 3. The number of aryl methyl sites for hydroxylation is 1. The molecule has 1 unspecified atom stereocenters. The smallest absolute Gasteiger partial charge is 0.229 e. The lowest BCUT2D eigenvalue weighted by molar-refractivity contribution is -0.122. The number of nitrogens with zero attached hydrogens (tertiary/aromatic N) is 2. The van der Waals surface area contributed by atoms with E-state index in [0.29, 0.717) is 31.3 Å². The van der Waals surface area contributed by atoms with Crippen molar-refractivity contribution in [2.45, 2.75) is 38.2 Å². The molecule has 1 atom stereocenters. The van der Waals surface area contributed by atoms with E-state index in [-0.39, 0.29) is 11.8 Å². The van der Waals surface area contributed by atoms with Crippen LogP contribution in [0.5, 0.6) is 0 Å². The van der Waals surface area contributed by atoms with Gasteiger partial charge in [-0.15, -0.1) is 0 Å². The zero-order chi connectivity index (χ0) is 17.9. The minimum atomic E-state index is -0.127. The molecule has 0 saturated heterocycles. The van der Waals surface area contributed by atoms with Gasteiger partial charge in [0.25, 0.3) is 0 Å². The molecule has 1 aliphatic rings. The molecule has 0 spiro atoms. The Balaban J connectivity index is 1.41.